The third-order valence-corrected chi connectivity index (χ3v) is 4.96. The van der Waals surface area contributed by atoms with Gasteiger partial charge in [-0.15, -0.1) is 0 Å². The smallest absolute Gasteiger partial charge is 0.290 e. The van der Waals surface area contributed by atoms with Gasteiger partial charge in [0.05, 0.1) is 7.11 Å². The van der Waals surface area contributed by atoms with Gasteiger partial charge in [0.1, 0.15) is 5.75 Å². The summed E-state index contributed by atoms with van der Waals surface area (Å²) in [6.07, 6.45) is 7.53. The van der Waals surface area contributed by atoms with Gasteiger partial charge in [-0.25, -0.2) is 4.98 Å². The second kappa shape index (κ2) is 8.85. The molecule has 6 nitrogen and oxygen atoms in total. The van der Waals surface area contributed by atoms with Gasteiger partial charge in [0.15, 0.2) is 5.82 Å². The first-order valence-electron chi connectivity index (χ1n) is 9.33. The molecule has 0 spiro atoms. The molecule has 0 aliphatic carbocycles. The van der Waals surface area contributed by atoms with Gasteiger partial charge in [-0.2, -0.15) is 0 Å². The van der Waals surface area contributed by atoms with Gasteiger partial charge in [0.2, 0.25) is 0 Å². The fourth-order valence-corrected chi connectivity index (χ4v) is 3.54. The molecule has 2 N–H and O–H groups in total. The first-order valence-corrected chi connectivity index (χ1v) is 9.33. The highest BCUT2D eigenvalue weighted by atomic mass is 16.5. The Morgan fingerprint density at radius 3 is 2.92 bits per heavy atom. The number of aromatic amines is 1. The summed E-state index contributed by atoms with van der Waals surface area (Å²) < 4.78 is 5.20. The highest BCUT2D eigenvalue weighted by Crippen LogP contribution is 2.16. The molecule has 2 aromatic rings. The molecule has 0 radical (unpaired) electrons. The molecule has 6 heteroatoms. The number of benzene rings is 1. The van der Waals surface area contributed by atoms with Crippen LogP contribution < -0.4 is 20.5 Å². The normalized spacial score (nSPS) is 18.5. The van der Waals surface area contributed by atoms with Crippen molar-refractivity contribution in [3.63, 3.8) is 0 Å². The van der Waals surface area contributed by atoms with Crippen LogP contribution in [0.1, 0.15) is 31.7 Å². The Morgan fingerprint density at radius 1 is 1.38 bits per heavy atom. The van der Waals surface area contributed by atoms with Gasteiger partial charge in [0.25, 0.3) is 5.56 Å². The van der Waals surface area contributed by atoms with Crippen molar-refractivity contribution < 1.29 is 4.74 Å². The number of hydrogen-bond donors (Lipinski definition) is 2. The lowest BCUT2D eigenvalue weighted by molar-refractivity contribution is 0.372. The molecular formula is C20H28N4O2. The number of aryl methyl sites for hydroxylation is 1. The van der Waals surface area contributed by atoms with E-state index in [2.05, 4.69) is 39.2 Å². The zero-order valence-corrected chi connectivity index (χ0v) is 15.6. The maximum absolute atomic E-state index is 12.0. The quantitative estimate of drug-likeness (QED) is 0.797. The summed E-state index contributed by atoms with van der Waals surface area (Å²) >= 11 is 0. The number of anilines is 1. The number of aromatic nitrogens is 2. The standard InChI is InChI=1S/C20H28N4O2/c1-15(5-6-16-7-9-18(26-2)10-8-16)23-17-4-3-13-24(14-17)19-20(25)22-12-11-21-19/h7-12,15,17,23H,3-6,13-14H2,1-2H3,(H,22,25)/t15-,17+/m1/s1. The van der Waals surface area contributed by atoms with Crippen molar-refractivity contribution in [1.29, 1.82) is 0 Å². The summed E-state index contributed by atoms with van der Waals surface area (Å²) in [7, 11) is 1.69. The summed E-state index contributed by atoms with van der Waals surface area (Å²) in [6, 6.07) is 9.08. The summed E-state index contributed by atoms with van der Waals surface area (Å²) in [6.45, 7) is 3.95. The number of rotatable bonds is 7. The minimum atomic E-state index is -0.110. The minimum absolute atomic E-state index is 0.110. The van der Waals surface area contributed by atoms with Gasteiger partial charge >= 0.3 is 0 Å². The van der Waals surface area contributed by atoms with Crippen molar-refractivity contribution in [3.8, 4) is 5.75 Å². The number of nitrogens with one attached hydrogen (secondary N) is 2. The van der Waals surface area contributed by atoms with Crippen LogP contribution in [-0.2, 0) is 6.42 Å². The Labute approximate surface area is 154 Å². The Balaban J connectivity index is 1.49. The second-order valence-corrected chi connectivity index (χ2v) is 6.98. The molecular weight excluding hydrogens is 328 g/mol. The summed E-state index contributed by atoms with van der Waals surface area (Å²) in [5, 5.41) is 3.72. The lowest BCUT2D eigenvalue weighted by atomic mass is 10.0. The Hall–Kier alpha value is -2.34. The van der Waals surface area contributed by atoms with Crippen molar-refractivity contribution in [2.24, 2.45) is 0 Å². The number of H-pyrrole nitrogens is 1. The predicted octanol–water partition coefficient (Wildman–Crippen LogP) is 2.36. The number of methoxy groups -OCH3 is 1. The van der Waals surface area contributed by atoms with E-state index < -0.39 is 0 Å². The fraction of sp³-hybridized carbons (Fsp3) is 0.500. The van der Waals surface area contributed by atoms with E-state index in [0.29, 0.717) is 17.9 Å². The first kappa shape index (κ1) is 18.5. The molecule has 0 amide bonds. The van der Waals surface area contributed by atoms with Crippen molar-refractivity contribution in [1.82, 2.24) is 15.3 Å². The number of nitrogens with zero attached hydrogens (tertiary/aromatic N) is 2. The lowest BCUT2D eigenvalue weighted by Crippen LogP contribution is -2.50. The molecule has 1 fully saturated rings. The van der Waals surface area contributed by atoms with Gasteiger partial charge in [-0.05, 0) is 50.3 Å². The first-order chi connectivity index (χ1) is 12.7. The molecule has 0 saturated carbocycles. The minimum Gasteiger partial charge on any atom is -0.497 e. The van der Waals surface area contributed by atoms with E-state index in [-0.39, 0.29) is 5.56 Å². The van der Waals surface area contributed by atoms with Gasteiger partial charge in [-0.3, -0.25) is 4.79 Å². The van der Waals surface area contributed by atoms with Crippen LogP contribution in [0.25, 0.3) is 0 Å². The van der Waals surface area contributed by atoms with Crippen LogP contribution in [0.15, 0.2) is 41.5 Å². The molecule has 1 aromatic heterocycles. The number of piperidine rings is 1. The maximum atomic E-state index is 12.0. The average molecular weight is 356 g/mol. The largest absolute Gasteiger partial charge is 0.497 e. The van der Waals surface area contributed by atoms with Crippen LogP contribution in [0.5, 0.6) is 5.75 Å². The highest BCUT2D eigenvalue weighted by Gasteiger charge is 2.23. The van der Waals surface area contributed by atoms with E-state index in [9.17, 15) is 4.79 Å². The van der Waals surface area contributed by atoms with Crippen LogP contribution >= 0.6 is 0 Å². The van der Waals surface area contributed by atoms with E-state index in [1.807, 2.05) is 12.1 Å². The summed E-state index contributed by atoms with van der Waals surface area (Å²) in [4.78, 5) is 21.0. The lowest BCUT2D eigenvalue weighted by Gasteiger charge is -2.35. The molecule has 2 atom stereocenters. The maximum Gasteiger partial charge on any atom is 0.290 e. The molecule has 1 saturated heterocycles. The molecule has 1 aliphatic rings. The summed E-state index contributed by atoms with van der Waals surface area (Å²) in [5.41, 5.74) is 1.21. The van der Waals surface area contributed by atoms with Gasteiger partial charge in [0, 0.05) is 37.6 Å². The van der Waals surface area contributed by atoms with Crippen LogP contribution in [0.3, 0.4) is 0 Å². The second-order valence-electron chi connectivity index (χ2n) is 6.98. The van der Waals surface area contributed by atoms with E-state index in [1.54, 1.807) is 19.5 Å². The van der Waals surface area contributed by atoms with Crippen LogP contribution in [0.4, 0.5) is 5.82 Å². The average Bonchev–Trinajstić information content (AvgIpc) is 2.67. The Bertz CT molecular complexity index is 744. The molecule has 2 heterocycles. The molecule has 1 aromatic carbocycles. The molecule has 0 unspecified atom stereocenters. The van der Waals surface area contributed by atoms with Gasteiger partial charge < -0.3 is 19.9 Å². The molecule has 26 heavy (non-hydrogen) atoms. The molecule has 140 valence electrons. The Morgan fingerprint density at radius 2 is 2.19 bits per heavy atom. The zero-order chi connectivity index (χ0) is 18.4. The molecule has 1 aliphatic heterocycles. The van der Waals surface area contributed by atoms with Crippen molar-refractivity contribution in [2.75, 3.05) is 25.1 Å². The number of hydrogen-bond acceptors (Lipinski definition) is 5. The predicted molar refractivity (Wildman–Crippen MR) is 104 cm³/mol. The molecule has 3 rings (SSSR count). The van der Waals surface area contributed by atoms with Crippen molar-refractivity contribution in [2.45, 2.75) is 44.7 Å². The van der Waals surface area contributed by atoms with E-state index in [1.165, 1.54) is 5.56 Å². The third-order valence-electron chi connectivity index (χ3n) is 4.96. The SMILES string of the molecule is COc1ccc(CC[C@@H](C)N[C@H]2CCCN(c3ncc[nH]c3=O)C2)cc1. The highest BCUT2D eigenvalue weighted by molar-refractivity contribution is 5.36. The van der Waals surface area contributed by atoms with E-state index >= 15 is 0 Å². The van der Waals surface area contributed by atoms with Crippen LogP contribution in [0, 0.1) is 0 Å². The van der Waals surface area contributed by atoms with Crippen LogP contribution in [-0.4, -0.2) is 42.3 Å². The van der Waals surface area contributed by atoms with Crippen molar-refractivity contribution in [3.05, 3.63) is 52.6 Å². The number of ether oxygens (including phenoxy) is 1. The van der Waals surface area contributed by atoms with E-state index in [4.69, 9.17) is 4.74 Å². The van der Waals surface area contributed by atoms with Gasteiger partial charge in [-0.1, -0.05) is 12.1 Å². The summed E-state index contributed by atoms with van der Waals surface area (Å²) in [5.74, 6) is 1.43. The third kappa shape index (κ3) is 4.85. The van der Waals surface area contributed by atoms with Crippen molar-refractivity contribution >= 4 is 5.82 Å². The monoisotopic (exact) mass is 356 g/mol. The molecule has 0 bridgehead atoms. The van der Waals surface area contributed by atoms with E-state index in [0.717, 1.165) is 44.5 Å². The Kier molecular flexibility index (Phi) is 6.28. The van der Waals surface area contributed by atoms with Crippen LogP contribution in [0.2, 0.25) is 0 Å². The fourth-order valence-electron chi connectivity index (χ4n) is 3.54. The zero-order valence-electron chi connectivity index (χ0n) is 15.6. The topological polar surface area (TPSA) is 70.2 Å².